The van der Waals surface area contributed by atoms with E-state index < -0.39 is 0 Å². The third kappa shape index (κ3) is 2.45. The van der Waals surface area contributed by atoms with Crippen molar-refractivity contribution in [2.45, 2.75) is 13.8 Å². The summed E-state index contributed by atoms with van der Waals surface area (Å²) < 4.78 is 10.4. The van der Waals surface area contributed by atoms with E-state index in [1.165, 1.54) is 6.26 Å². The van der Waals surface area contributed by atoms with Crippen LogP contribution in [0, 0.1) is 13.8 Å². The van der Waals surface area contributed by atoms with Gasteiger partial charge in [0, 0.05) is 0 Å². The average Bonchev–Trinajstić information content (AvgIpc) is 2.94. The molecule has 0 aliphatic rings. The molecular formula is C13H14N2O3. The molecule has 0 radical (unpaired) electrons. The zero-order chi connectivity index (χ0) is 13.1. The number of rotatable bonds is 4. The molecular weight excluding hydrogens is 232 g/mol. The van der Waals surface area contributed by atoms with Gasteiger partial charge >= 0.3 is 0 Å². The number of furan rings is 2. The van der Waals surface area contributed by atoms with E-state index >= 15 is 0 Å². The third-order valence-corrected chi connectivity index (χ3v) is 2.47. The maximum absolute atomic E-state index is 11.8. The van der Waals surface area contributed by atoms with E-state index in [0.717, 1.165) is 5.76 Å². The van der Waals surface area contributed by atoms with Crippen molar-refractivity contribution in [1.29, 1.82) is 0 Å². The van der Waals surface area contributed by atoms with Crippen LogP contribution in [0.2, 0.25) is 0 Å². The van der Waals surface area contributed by atoms with Gasteiger partial charge in [-0.05, 0) is 32.0 Å². The molecule has 2 heterocycles. The highest BCUT2D eigenvalue weighted by Gasteiger charge is 2.11. The van der Waals surface area contributed by atoms with Crippen LogP contribution in [0.5, 0.6) is 0 Å². The molecule has 0 unspecified atom stereocenters. The monoisotopic (exact) mass is 246 g/mol. The number of hydrazine groups is 1. The van der Waals surface area contributed by atoms with Crippen LogP contribution in [0.4, 0.5) is 0 Å². The Morgan fingerprint density at radius 1 is 1.22 bits per heavy atom. The summed E-state index contributed by atoms with van der Waals surface area (Å²) in [5.74, 6) is 1.64. The Hall–Kier alpha value is -2.43. The van der Waals surface area contributed by atoms with Crippen molar-refractivity contribution in [2.24, 2.45) is 0 Å². The molecule has 0 fully saturated rings. The average molecular weight is 246 g/mol. The lowest BCUT2D eigenvalue weighted by Gasteiger charge is -2.08. The van der Waals surface area contributed by atoms with E-state index in [0.29, 0.717) is 22.8 Å². The molecule has 0 aromatic carbocycles. The molecule has 0 bridgehead atoms. The van der Waals surface area contributed by atoms with Gasteiger partial charge in [0.2, 0.25) is 0 Å². The van der Waals surface area contributed by atoms with Crippen LogP contribution >= 0.6 is 0 Å². The summed E-state index contributed by atoms with van der Waals surface area (Å²) in [6.45, 7) is 7.33. The minimum absolute atomic E-state index is 0.286. The highest BCUT2D eigenvalue weighted by molar-refractivity contribution is 5.95. The lowest BCUT2D eigenvalue weighted by atomic mass is 10.2. The molecule has 18 heavy (non-hydrogen) atoms. The smallest absolute Gasteiger partial charge is 0.273 e. The Labute approximate surface area is 104 Å². The second-order valence-electron chi connectivity index (χ2n) is 3.86. The summed E-state index contributed by atoms with van der Waals surface area (Å²) in [7, 11) is 0. The number of carbonyl (C=O) groups excluding carboxylic acids is 1. The number of hydrogen-bond donors (Lipinski definition) is 2. The second kappa shape index (κ2) is 4.83. The van der Waals surface area contributed by atoms with E-state index in [-0.39, 0.29) is 5.91 Å². The molecule has 2 rings (SSSR count). The first kappa shape index (κ1) is 12.0. The maximum Gasteiger partial charge on any atom is 0.273 e. The number of carbonyl (C=O) groups is 1. The van der Waals surface area contributed by atoms with Gasteiger partial charge in [-0.3, -0.25) is 15.6 Å². The van der Waals surface area contributed by atoms with Crippen molar-refractivity contribution in [3.8, 4) is 0 Å². The minimum Gasteiger partial charge on any atom is -0.469 e. The molecule has 0 aliphatic carbocycles. The van der Waals surface area contributed by atoms with Crippen LogP contribution < -0.4 is 10.9 Å². The van der Waals surface area contributed by atoms with Crippen molar-refractivity contribution in [2.75, 3.05) is 0 Å². The fourth-order valence-corrected chi connectivity index (χ4v) is 1.48. The van der Waals surface area contributed by atoms with Gasteiger partial charge in [0.25, 0.3) is 5.91 Å². The minimum atomic E-state index is -0.286. The molecule has 5 heteroatoms. The largest absolute Gasteiger partial charge is 0.469 e. The highest BCUT2D eigenvalue weighted by Crippen LogP contribution is 2.13. The first-order chi connectivity index (χ1) is 8.58. The van der Waals surface area contributed by atoms with E-state index in [2.05, 4.69) is 17.4 Å². The number of hydrogen-bond acceptors (Lipinski definition) is 4. The van der Waals surface area contributed by atoms with Crippen LogP contribution in [-0.4, -0.2) is 5.91 Å². The summed E-state index contributed by atoms with van der Waals surface area (Å²) in [6, 6.07) is 5.20. The lowest BCUT2D eigenvalue weighted by molar-refractivity contribution is 0.0941. The van der Waals surface area contributed by atoms with Crippen LogP contribution in [-0.2, 0) is 0 Å². The SMILES string of the molecule is C=C(NNC(=O)c1ccoc1C)c1ccc(C)o1. The van der Waals surface area contributed by atoms with Gasteiger partial charge in [-0.15, -0.1) is 0 Å². The van der Waals surface area contributed by atoms with Gasteiger partial charge in [-0.1, -0.05) is 6.58 Å². The normalized spacial score (nSPS) is 10.1. The quantitative estimate of drug-likeness (QED) is 0.813. The van der Waals surface area contributed by atoms with Gasteiger partial charge < -0.3 is 8.83 Å². The molecule has 2 aromatic heterocycles. The Bertz CT molecular complexity index is 581. The summed E-state index contributed by atoms with van der Waals surface area (Å²) in [5.41, 5.74) is 6.18. The summed E-state index contributed by atoms with van der Waals surface area (Å²) >= 11 is 0. The lowest BCUT2D eigenvalue weighted by Crippen LogP contribution is -2.35. The second-order valence-corrected chi connectivity index (χ2v) is 3.86. The number of nitrogens with one attached hydrogen (secondary N) is 2. The Kier molecular flexibility index (Phi) is 3.23. The van der Waals surface area contributed by atoms with Crippen molar-refractivity contribution >= 4 is 11.6 Å². The van der Waals surface area contributed by atoms with Crippen molar-refractivity contribution < 1.29 is 13.6 Å². The Balaban J connectivity index is 1.94. The maximum atomic E-state index is 11.8. The van der Waals surface area contributed by atoms with Crippen LogP contribution in [0.1, 0.15) is 27.6 Å². The van der Waals surface area contributed by atoms with Gasteiger partial charge in [-0.25, -0.2) is 0 Å². The van der Waals surface area contributed by atoms with Gasteiger partial charge in [0.1, 0.15) is 11.5 Å². The van der Waals surface area contributed by atoms with E-state index in [1.807, 2.05) is 13.0 Å². The van der Waals surface area contributed by atoms with Gasteiger partial charge in [0.15, 0.2) is 5.76 Å². The molecule has 0 aliphatic heterocycles. The fraction of sp³-hybridized carbons (Fsp3) is 0.154. The zero-order valence-corrected chi connectivity index (χ0v) is 10.2. The van der Waals surface area contributed by atoms with E-state index in [1.54, 1.807) is 19.1 Å². The molecule has 94 valence electrons. The van der Waals surface area contributed by atoms with Crippen molar-refractivity contribution in [1.82, 2.24) is 10.9 Å². The highest BCUT2D eigenvalue weighted by atomic mass is 16.3. The van der Waals surface area contributed by atoms with Gasteiger partial charge in [-0.2, -0.15) is 0 Å². The van der Waals surface area contributed by atoms with Crippen LogP contribution in [0.15, 0.2) is 39.9 Å². The fourth-order valence-electron chi connectivity index (χ4n) is 1.48. The topological polar surface area (TPSA) is 67.4 Å². The van der Waals surface area contributed by atoms with Crippen molar-refractivity contribution in [3.63, 3.8) is 0 Å². The van der Waals surface area contributed by atoms with E-state index in [4.69, 9.17) is 8.83 Å². The number of aryl methyl sites for hydroxylation is 2. The van der Waals surface area contributed by atoms with Crippen LogP contribution in [0.25, 0.3) is 5.70 Å². The molecule has 0 saturated carbocycles. The van der Waals surface area contributed by atoms with Crippen molar-refractivity contribution in [3.05, 3.63) is 53.9 Å². The number of amides is 1. The molecule has 2 aromatic rings. The molecule has 1 amide bonds. The molecule has 5 nitrogen and oxygen atoms in total. The summed E-state index contributed by atoms with van der Waals surface area (Å²) in [5, 5.41) is 0. The Morgan fingerprint density at radius 2 is 2.00 bits per heavy atom. The standard InChI is InChI=1S/C13H14N2O3/c1-8-4-5-12(18-8)9(2)14-15-13(16)11-6-7-17-10(11)3/h4-7,14H,2H2,1,3H3,(H,15,16). The first-order valence-corrected chi connectivity index (χ1v) is 5.44. The molecule has 0 atom stereocenters. The predicted molar refractivity (Wildman–Crippen MR) is 66.5 cm³/mol. The zero-order valence-electron chi connectivity index (χ0n) is 10.2. The van der Waals surface area contributed by atoms with E-state index in [9.17, 15) is 4.79 Å². The molecule has 0 spiro atoms. The first-order valence-electron chi connectivity index (χ1n) is 5.44. The molecule has 0 saturated heterocycles. The summed E-state index contributed by atoms with van der Waals surface area (Å²) in [4.78, 5) is 11.8. The van der Waals surface area contributed by atoms with Crippen LogP contribution in [0.3, 0.4) is 0 Å². The molecule has 2 N–H and O–H groups in total. The Morgan fingerprint density at radius 3 is 2.56 bits per heavy atom. The third-order valence-electron chi connectivity index (χ3n) is 2.47. The van der Waals surface area contributed by atoms with Gasteiger partial charge in [0.05, 0.1) is 17.5 Å². The predicted octanol–water partition coefficient (Wildman–Crippen LogP) is 2.39. The summed E-state index contributed by atoms with van der Waals surface area (Å²) in [6.07, 6.45) is 1.47.